The minimum absolute atomic E-state index is 0.0289. The molecule has 0 saturated carbocycles. The van der Waals surface area contributed by atoms with Gasteiger partial charge in [-0.15, -0.1) is 11.3 Å². The largest absolute Gasteiger partial charge is 0.493 e. The van der Waals surface area contributed by atoms with E-state index in [4.69, 9.17) is 9.47 Å². The van der Waals surface area contributed by atoms with Crippen LogP contribution in [0.4, 0.5) is 4.79 Å². The Morgan fingerprint density at radius 2 is 1.96 bits per heavy atom. The molecule has 27 heavy (non-hydrogen) atoms. The predicted octanol–water partition coefficient (Wildman–Crippen LogP) is 3.14. The van der Waals surface area contributed by atoms with Gasteiger partial charge in [-0.2, -0.15) is 0 Å². The number of amides is 2. The number of nitrogens with one attached hydrogen (secondary N) is 1. The second-order valence-corrected chi connectivity index (χ2v) is 7.81. The molecular weight excluding hydrogens is 362 g/mol. The van der Waals surface area contributed by atoms with Crippen molar-refractivity contribution in [1.29, 1.82) is 0 Å². The van der Waals surface area contributed by atoms with Gasteiger partial charge in [0.15, 0.2) is 11.5 Å². The number of nitrogens with zero attached hydrogens (tertiary/aromatic N) is 2. The number of hydrogen-bond acceptors (Lipinski definition) is 5. The summed E-state index contributed by atoms with van der Waals surface area (Å²) in [5.41, 5.74) is 2.32. The first-order valence-electron chi connectivity index (χ1n) is 9.00. The average molecular weight is 390 g/mol. The van der Waals surface area contributed by atoms with Gasteiger partial charge in [0.2, 0.25) is 0 Å². The van der Waals surface area contributed by atoms with Crippen molar-refractivity contribution in [2.45, 2.75) is 19.0 Å². The molecule has 1 aromatic heterocycles. The molecule has 2 heterocycles. The highest BCUT2D eigenvalue weighted by molar-refractivity contribution is 7.10. The monoisotopic (exact) mass is 389 g/mol. The van der Waals surface area contributed by atoms with Crippen LogP contribution in [0.25, 0.3) is 0 Å². The molecule has 2 amide bonds. The fourth-order valence-electron chi connectivity index (χ4n) is 3.37. The number of benzene rings is 1. The molecule has 7 heteroatoms. The van der Waals surface area contributed by atoms with Crippen LogP contribution in [-0.2, 0) is 13.0 Å². The van der Waals surface area contributed by atoms with Crippen LogP contribution in [0, 0.1) is 0 Å². The molecular formula is C20H27N3O3S. The number of thiophene rings is 1. The molecule has 0 radical (unpaired) electrons. The smallest absolute Gasteiger partial charge is 0.317 e. The van der Waals surface area contributed by atoms with Gasteiger partial charge in [0.1, 0.15) is 0 Å². The first-order valence-corrected chi connectivity index (χ1v) is 9.87. The first kappa shape index (κ1) is 19.5. The van der Waals surface area contributed by atoms with Crippen LogP contribution in [0.5, 0.6) is 11.5 Å². The van der Waals surface area contributed by atoms with E-state index in [9.17, 15) is 4.79 Å². The van der Waals surface area contributed by atoms with E-state index in [0.29, 0.717) is 25.4 Å². The molecule has 1 N–H and O–H groups in total. The standard InChI is InChI=1S/C20H27N3O3S/c1-22(2)16(19-6-5-9-27-19)12-21-20(24)23-8-7-14-10-17(25-3)18(26-4)11-15(14)13-23/h5-6,9-11,16H,7-8,12-13H2,1-4H3,(H,21,24). The highest BCUT2D eigenvalue weighted by Gasteiger charge is 2.24. The van der Waals surface area contributed by atoms with E-state index in [1.54, 1.807) is 25.6 Å². The number of methoxy groups -OCH3 is 2. The van der Waals surface area contributed by atoms with Gasteiger partial charge < -0.3 is 24.6 Å². The van der Waals surface area contributed by atoms with E-state index in [0.717, 1.165) is 17.7 Å². The lowest BCUT2D eigenvalue weighted by Gasteiger charge is -2.31. The van der Waals surface area contributed by atoms with Crippen LogP contribution in [-0.4, -0.2) is 57.2 Å². The van der Waals surface area contributed by atoms with E-state index >= 15 is 0 Å². The Morgan fingerprint density at radius 1 is 1.26 bits per heavy atom. The molecule has 1 atom stereocenters. The Balaban J connectivity index is 1.65. The highest BCUT2D eigenvalue weighted by Crippen LogP contribution is 2.33. The molecule has 6 nitrogen and oxygen atoms in total. The summed E-state index contributed by atoms with van der Waals surface area (Å²) in [5, 5.41) is 5.17. The molecule has 0 fully saturated rings. The summed E-state index contributed by atoms with van der Waals surface area (Å²) in [7, 11) is 7.34. The third kappa shape index (κ3) is 4.36. The second kappa shape index (κ2) is 8.63. The third-order valence-electron chi connectivity index (χ3n) is 4.95. The van der Waals surface area contributed by atoms with Gasteiger partial charge in [-0.05, 0) is 55.2 Å². The van der Waals surface area contributed by atoms with Crippen molar-refractivity contribution in [3.8, 4) is 11.5 Å². The first-order chi connectivity index (χ1) is 13.0. The van der Waals surface area contributed by atoms with E-state index in [-0.39, 0.29) is 12.1 Å². The minimum Gasteiger partial charge on any atom is -0.493 e. The summed E-state index contributed by atoms with van der Waals surface area (Å²) in [6, 6.07) is 8.29. The SMILES string of the molecule is COc1cc2c(cc1OC)CN(C(=O)NCC(c1cccs1)N(C)C)CC2. The van der Waals surface area contributed by atoms with Crippen LogP contribution in [0.15, 0.2) is 29.6 Å². The van der Waals surface area contributed by atoms with Crippen molar-refractivity contribution in [3.63, 3.8) is 0 Å². The van der Waals surface area contributed by atoms with Crippen LogP contribution in [0.1, 0.15) is 22.0 Å². The number of urea groups is 1. The number of ether oxygens (including phenoxy) is 2. The Morgan fingerprint density at radius 3 is 2.56 bits per heavy atom. The summed E-state index contributed by atoms with van der Waals surface area (Å²) in [6.07, 6.45) is 0.811. The topological polar surface area (TPSA) is 54.0 Å². The van der Waals surface area contributed by atoms with Crippen molar-refractivity contribution in [1.82, 2.24) is 15.1 Å². The lowest BCUT2D eigenvalue weighted by Crippen LogP contribution is -2.45. The van der Waals surface area contributed by atoms with Crippen LogP contribution >= 0.6 is 11.3 Å². The lowest BCUT2D eigenvalue weighted by molar-refractivity contribution is 0.187. The van der Waals surface area contributed by atoms with Crippen LogP contribution < -0.4 is 14.8 Å². The van der Waals surface area contributed by atoms with Gasteiger partial charge in [-0.3, -0.25) is 0 Å². The zero-order chi connectivity index (χ0) is 19.4. The van der Waals surface area contributed by atoms with E-state index < -0.39 is 0 Å². The zero-order valence-corrected chi connectivity index (χ0v) is 17.1. The van der Waals surface area contributed by atoms with Crippen molar-refractivity contribution in [3.05, 3.63) is 45.6 Å². The predicted molar refractivity (Wildman–Crippen MR) is 108 cm³/mol. The summed E-state index contributed by atoms with van der Waals surface area (Å²) >= 11 is 1.71. The van der Waals surface area contributed by atoms with Gasteiger partial charge in [0.25, 0.3) is 0 Å². The van der Waals surface area contributed by atoms with Gasteiger partial charge in [-0.1, -0.05) is 6.07 Å². The fourth-order valence-corrected chi connectivity index (χ4v) is 4.29. The molecule has 1 aliphatic rings. The molecule has 0 bridgehead atoms. The maximum absolute atomic E-state index is 12.7. The van der Waals surface area contributed by atoms with Crippen molar-refractivity contribution >= 4 is 17.4 Å². The minimum atomic E-state index is -0.0289. The molecule has 2 aromatic rings. The van der Waals surface area contributed by atoms with Crippen molar-refractivity contribution in [2.75, 3.05) is 41.4 Å². The van der Waals surface area contributed by atoms with Gasteiger partial charge in [0, 0.05) is 24.5 Å². The molecule has 1 unspecified atom stereocenters. The Kier molecular flexibility index (Phi) is 6.23. The summed E-state index contributed by atoms with van der Waals surface area (Å²) in [4.78, 5) is 18.0. The number of likely N-dealkylation sites (N-methyl/N-ethyl adjacent to an activating group) is 1. The number of fused-ring (bicyclic) bond motifs is 1. The van der Waals surface area contributed by atoms with E-state index in [1.807, 2.05) is 37.2 Å². The number of carbonyl (C=O) groups is 1. The Hall–Kier alpha value is -2.25. The second-order valence-electron chi connectivity index (χ2n) is 6.83. The maximum atomic E-state index is 12.7. The van der Waals surface area contributed by atoms with Gasteiger partial charge >= 0.3 is 6.03 Å². The molecule has 146 valence electrons. The quantitative estimate of drug-likeness (QED) is 0.825. The molecule has 1 aromatic carbocycles. The number of hydrogen-bond donors (Lipinski definition) is 1. The Labute approximate surface area is 164 Å². The molecule has 3 rings (SSSR count). The summed E-state index contributed by atoms with van der Waals surface area (Å²) < 4.78 is 10.8. The molecule has 0 aliphatic carbocycles. The van der Waals surface area contributed by atoms with E-state index in [2.05, 4.69) is 21.7 Å². The average Bonchev–Trinajstić information content (AvgIpc) is 3.20. The molecule has 1 aliphatic heterocycles. The van der Waals surface area contributed by atoms with E-state index in [1.165, 1.54) is 10.4 Å². The Bertz CT molecular complexity index is 777. The summed E-state index contributed by atoms with van der Waals surface area (Å²) in [5.74, 6) is 1.43. The van der Waals surface area contributed by atoms with Gasteiger partial charge in [-0.25, -0.2) is 4.79 Å². The third-order valence-corrected chi connectivity index (χ3v) is 5.92. The zero-order valence-electron chi connectivity index (χ0n) is 16.3. The van der Waals surface area contributed by atoms with Crippen LogP contribution in [0.2, 0.25) is 0 Å². The van der Waals surface area contributed by atoms with Crippen LogP contribution in [0.3, 0.4) is 0 Å². The normalized spacial score (nSPS) is 14.6. The summed E-state index contributed by atoms with van der Waals surface area (Å²) in [6.45, 7) is 1.86. The molecule has 0 saturated heterocycles. The molecule has 0 spiro atoms. The number of rotatable bonds is 6. The highest BCUT2D eigenvalue weighted by atomic mass is 32.1. The van der Waals surface area contributed by atoms with Gasteiger partial charge in [0.05, 0.1) is 20.3 Å². The van der Waals surface area contributed by atoms with Crippen molar-refractivity contribution in [2.24, 2.45) is 0 Å². The van der Waals surface area contributed by atoms with Crippen molar-refractivity contribution < 1.29 is 14.3 Å². The number of carbonyl (C=O) groups excluding carboxylic acids is 1. The maximum Gasteiger partial charge on any atom is 0.317 e. The fraction of sp³-hybridized carbons (Fsp3) is 0.450. The lowest BCUT2D eigenvalue weighted by atomic mass is 9.99.